The van der Waals surface area contributed by atoms with Crippen LogP contribution in [0.4, 0.5) is 0 Å². The topological polar surface area (TPSA) is 42.2 Å². The Morgan fingerprint density at radius 3 is 2.48 bits per heavy atom. The van der Waals surface area contributed by atoms with Gasteiger partial charge >= 0.3 is 0 Å². The fourth-order valence-corrected chi connectivity index (χ4v) is 3.80. The van der Waals surface area contributed by atoms with E-state index in [9.17, 15) is 9.90 Å². The first-order valence-corrected chi connectivity index (χ1v) is 9.54. The summed E-state index contributed by atoms with van der Waals surface area (Å²) in [6, 6.07) is 19.2. The molecule has 1 heterocycles. The Morgan fingerprint density at radius 2 is 1.63 bits per heavy atom. The van der Waals surface area contributed by atoms with E-state index < -0.39 is 0 Å². The van der Waals surface area contributed by atoms with Crippen LogP contribution in [-0.2, 0) is 6.54 Å². The smallest absolute Gasteiger partial charge is 0.195 e. The molecule has 3 heteroatoms. The molecule has 0 saturated carbocycles. The average Bonchev–Trinajstić information content (AvgIpc) is 3.07. The van der Waals surface area contributed by atoms with Gasteiger partial charge in [-0.3, -0.25) is 4.79 Å². The minimum absolute atomic E-state index is 0.00311. The lowest BCUT2D eigenvalue weighted by atomic mass is 9.97. The molecular formula is C24H23NO2. The molecule has 0 amide bonds. The van der Waals surface area contributed by atoms with Crippen molar-refractivity contribution in [2.45, 2.75) is 32.7 Å². The number of para-hydroxylation sites is 1. The molecule has 0 aliphatic carbocycles. The molecule has 136 valence electrons. The van der Waals surface area contributed by atoms with Crippen molar-refractivity contribution in [3.63, 3.8) is 0 Å². The first kappa shape index (κ1) is 17.3. The maximum Gasteiger partial charge on any atom is 0.195 e. The number of unbranched alkanes of at least 4 members (excludes halogenated alkanes) is 2. The van der Waals surface area contributed by atoms with Crippen molar-refractivity contribution in [1.82, 2.24) is 4.57 Å². The van der Waals surface area contributed by atoms with Crippen molar-refractivity contribution in [1.29, 1.82) is 0 Å². The molecule has 3 nitrogen and oxygen atoms in total. The van der Waals surface area contributed by atoms with Gasteiger partial charge in [0.05, 0.1) is 5.52 Å². The molecule has 4 rings (SSSR count). The third kappa shape index (κ3) is 3.10. The van der Waals surface area contributed by atoms with Crippen molar-refractivity contribution in [3.8, 4) is 5.75 Å². The second kappa shape index (κ2) is 7.28. The molecule has 0 atom stereocenters. The number of phenols is 1. The molecule has 0 saturated heterocycles. The van der Waals surface area contributed by atoms with Crippen molar-refractivity contribution in [2.24, 2.45) is 0 Å². The zero-order valence-electron chi connectivity index (χ0n) is 15.5. The van der Waals surface area contributed by atoms with E-state index in [4.69, 9.17) is 0 Å². The van der Waals surface area contributed by atoms with Gasteiger partial charge in [0.2, 0.25) is 0 Å². The van der Waals surface area contributed by atoms with Crippen LogP contribution < -0.4 is 0 Å². The molecule has 0 aliphatic rings. The fraction of sp³-hybridized carbons (Fsp3) is 0.208. The molecule has 27 heavy (non-hydrogen) atoms. The fourth-order valence-electron chi connectivity index (χ4n) is 3.80. The maximum absolute atomic E-state index is 13.4. The van der Waals surface area contributed by atoms with Crippen LogP contribution in [0.2, 0.25) is 0 Å². The predicted molar refractivity (Wildman–Crippen MR) is 111 cm³/mol. The van der Waals surface area contributed by atoms with Crippen LogP contribution >= 0.6 is 0 Å². The third-order valence-corrected chi connectivity index (χ3v) is 5.16. The number of benzene rings is 3. The summed E-state index contributed by atoms with van der Waals surface area (Å²) in [6.07, 6.45) is 5.19. The van der Waals surface area contributed by atoms with E-state index in [0.29, 0.717) is 11.1 Å². The van der Waals surface area contributed by atoms with E-state index >= 15 is 0 Å². The van der Waals surface area contributed by atoms with Crippen molar-refractivity contribution >= 4 is 27.5 Å². The van der Waals surface area contributed by atoms with Crippen LogP contribution in [0.15, 0.2) is 66.9 Å². The minimum Gasteiger partial charge on any atom is -0.506 e. The summed E-state index contributed by atoms with van der Waals surface area (Å²) in [5, 5.41) is 13.2. The van der Waals surface area contributed by atoms with Gasteiger partial charge in [-0.1, -0.05) is 74.4 Å². The van der Waals surface area contributed by atoms with Crippen molar-refractivity contribution in [3.05, 3.63) is 78.0 Å². The number of aryl methyl sites for hydroxylation is 1. The Hall–Kier alpha value is -3.07. The predicted octanol–water partition coefficient (Wildman–Crippen LogP) is 5.92. The van der Waals surface area contributed by atoms with Crippen LogP contribution in [-0.4, -0.2) is 15.5 Å². The number of carbonyl (C=O) groups excluding carboxylic acids is 1. The van der Waals surface area contributed by atoms with E-state index in [-0.39, 0.29) is 11.5 Å². The summed E-state index contributed by atoms with van der Waals surface area (Å²) in [7, 11) is 0. The number of fused-ring (bicyclic) bond motifs is 2. The molecule has 0 aliphatic heterocycles. The molecule has 0 fully saturated rings. The Kier molecular flexibility index (Phi) is 4.68. The lowest BCUT2D eigenvalue weighted by Crippen LogP contribution is -2.02. The number of nitrogens with zero attached hydrogens (tertiary/aromatic N) is 1. The van der Waals surface area contributed by atoms with Crippen molar-refractivity contribution < 1.29 is 9.90 Å². The summed E-state index contributed by atoms with van der Waals surface area (Å²) in [6.45, 7) is 2.96. The first-order chi connectivity index (χ1) is 13.2. The zero-order chi connectivity index (χ0) is 18.8. The summed E-state index contributed by atoms with van der Waals surface area (Å²) in [5.74, 6) is 0.220. The Morgan fingerprint density at radius 1 is 0.889 bits per heavy atom. The van der Waals surface area contributed by atoms with E-state index in [1.807, 2.05) is 59.3 Å². The monoisotopic (exact) mass is 357 g/mol. The van der Waals surface area contributed by atoms with Gasteiger partial charge in [-0.05, 0) is 23.3 Å². The van der Waals surface area contributed by atoms with Gasteiger partial charge in [-0.15, -0.1) is 0 Å². The third-order valence-electron chi connectivity index (χ3n) is 5.16. The number of aromatic hydroxyl groups is 1. The van der Waals surface area contributed by atoms with E-state index in [2.05, 4.69) is 6.92 Å². The number of rotatable bonds is 6. The summed E-state index contributed by atoms with van der Waals surface area (Å²) >= 11 is 0. The van der Waals surface area contributed by atoms with Crippen LogP contribution in [0.25, 0.3) is 21.7 Å². The van der Waals surface area contributed by atoms with Gasteiger partial charge in [-0.25, -0.2) is 0 Å². The number of aromatic nitrogens is 1. The summed E-state index contributed by atoms with van der Waals surface area (Å²) in [5.41, 5.74) is 2.09. The van der Waals surface area contributed by atoms with E-state index in [1.54, 1.807) is 12.1 Å². The quantitative estimate of drug-likeness (QED) is 0.344. The largest absolute Gasteiger partial charge is 0.506 e. The Balaban J connectivity index is 1.85. The average molecular weight is 357 g/mol. The zero-order valence-corrected chi connectivity index (χ0v) is 15.5. The van der Waals surface area contributed by atoms with Gasteiger partial charge < -0.3 is 9.67 Å². The number of phenolic OH excluding ortho intramolecular Hbond substituents is 1. The standard InChI is InChI=1S/C24H23NO2/c1-2-3-6-15-25-16-21(19-12-8-14-22(26)23(19)25)24(27)20-13-7-10-17-9-4-5-11-18(17)20/h4-5,7-14,16,26H,2-3,6,15H2,1H3. The highest BCUT2D eigenvalue weighted by Crippen LogP contribution is 2.32. The number of ketones is 1. The molecule has 1 N–H and O–H groups in total. The minimum atomic E-state index is -0.00311. The van der Waals surface area contributed by atoms with Gasteiger partial charge in [-0.2, -0.15) is 0 Å². The highest BCUT2D eigenvalue weighted by molar-refractivity contribution is 6.21. The van der Waals surface area contributed by atoms with Crippen LogP contribution in [0.1, 0.15) is 42.1 Å². The molecule has 0 unspecified atom stereocenters. The van der Waals surface area contributed by atoms with Crippen molar-refractivity contribution in [2.75, 3.05) is 0 Å². The van der Waals surface area contributed by atoms with Crippen LogP contribution in [0.5, 0.6) is 5.75 Å². The molecule has 1 aromatic heterocycles. The maximum atomic E-state index is 13.4. The van der Waals surface area contributed by atoms with E-state index in [1.165, 1.54) is 0 Å². The second-order valence-corrected chi connectivity index (χ2v) is 6.97. The summed E-state index contributed by atoms with van der Waals surface area (Å²) < 4.78 is 2.03. The first-order valence-electron chi connectivity index (χ1n) is 9.54. The number of carbonyl (C=O) groups is 1. The number of hydrogen-bond donors (Lipinski definition) is 1. The second-order valence-electron chi connectivity index (χ2n) is 6.97. The molecule has 0 bridgehead atoms. The molecular weight excluding hydrogens is 334 g/mol. The Bertz CT molecular complexity index is 1120. The van der Waals surface area contributed by atoms with Crippen LogP contribution in [0, 0.1) is 0 Å². The Labute approximate surface area is 158 Å². The van der Waals surface area contributed by atoms with Gasteiger partial charge in [0.15, 0.2) is 5.78 Å². The molecule has 0 spiro atoms. The number of hydrogen-bond acceptors (Lipinski definition) is 2. The summed E-state index contributed by atoms with van der Waals surface area (Å²) in [4.78, 5) is 13.4. The molecule has 3 aromatic carbocycles. The van der Waals surface area contributed by atoms with Crippen LogP contribution in [0.3, 0.4) is 0 Å². The lowest BCUT2D eigenvalue weighted by Gasteiger charge is -2.05. The van der Waals surface area contributed by atoms with Gasteiger partial charge in [0, 0.05) is 29.3 Å². The highest BCUT2D eigenvalue weighted by Gasteiger charge is 2.20. The van der Waals surface area contributed by atoms with E-state index in [0.717, 1.165) is 47.5 Å². The highest BCUT2D eigenvalue weighted by atomic mass is 16.3. The molecule has 0 radical (unpaired) electrons. The SMILES string of the molecule is CCCCCn1cc(C(=O)c2cccc3ccccc23)c2cccc(O)c21. The van der Waals surface area contributed by atoms with Gasteiger partial charge in [0.1, 0.15) is 5.75 Å². The normalized spacial score (nSPS) is 11.3. The molecule has 4 aromatic rings. The van der Waals surface area contributed by atoms with Gasteiger partial charge in [0.25, 0.3) is 0 Å². The lowest BCUT2D eigenvalue weighted by molar-refractivity contribution is 0.104.